The third-order valence-corrected chi connectivity index (χ3v) is 6.55. The van der Waals surface area contributed by atoms with E-state index in [4.69, 9.17) is 0 Å². The minimum Gasteiger partial charge on any atom is -0.352 e. The number of nitrogens with one attached hydrogen (secondary N) is 1. The minimum absolute atomic E-state index is 0.0936. The Morgan fingerprint density at radius 1 is 1.26 bits per heavy atom. The Kier molecular flexibility index (Phi) is 5.46. The first-order valence-corrected chi connectivity index (χ1v) is 10.8. The van der Waals surface area contributed by atoms with Gasteiger partial charge in [-0.15, -0.1) is 0 Å². The Hall–Kier alpha value is -2.48. The number of carbonyl (C=O) groups is 1. The van der Waals surface area contributed by atoms with Crippen molar-refractivity contribution in [2.45, 2.75) is 33.2 Å². The maximum Gasteiger partial charge on any atom is 0.275 e. The summed E-state index contributed by atoms with van der Waals surface area (Å²) in [7, 11) is -2.98. The molecule has 0 saturated carbocycles. The van der Waals surface area contributed by atoms with Crippen LogP contribution in [0.3, 0.4) is 0 Å². The SMILES string of the molecule is CCN(c1cnc(C(=O)Nc2cc(C)ccc2C)cn1)C1CCS(=O)(=O)C1. The number of nitrogens with zero attached hydrogens (tertiary/aromatic N) is 3. The topological polar surface area (TPSA) is 92.3 Å². The molecule has 1 aliphatic rings. The fourth-order valence-corrected chi connectivity index (χ4v) is 5.00. The lowest BCUT2D eigenvalue weighted by atomic mass is 10.1. The summed E-state index contributed by atoms with van der Waals surface area (Å²) in [6, 6.07) is 5.76. The molecule has 0 radical (unpaired) electrons. The predicted octanol–water partition coefficient (Wildman–Crippen LogP) is 2.36. The van der Waals surface area contributed by atoms with Gasteiger partial charge in [-0.05, 0) is 44.4 Å². The van der Waals surface area contributed by atoms with Crippen molar-refractivity contribution < 1.29 is 13.2 Å². The van der Waals surface area contributed by atoms with Crippen LogP contribution >= 0.6 is 0 Å². The lowest BCUT2D eigenvalue weighted by molar-refractivity contribution is 0.102. The normalized spacial score (nSPS) is 18.3. The highest BCUT2D eigenvalue weighted by molar-refractivity contribution is 7.91. The van der Waals surface area contributed by atoms with Gasteiger partial charge in [0.25, 0.3) is 5.91 Å². The van der Waals surface area contributed by atoms with Gasteiger partial charge >= 0.3 is 0 Å². The number of amides is 1. The van der Waals surface area contributed by atoms with E-state index in [0.717, 1.165) is 16.8 Å². The van der Waals surface area contributed by atoms with Crippen molar-refractivity contribution >= 4 is 27.2 Å². The number of rotatable bonds is 5. The van der Waals surface area contributed by atoms with Crippen LogP contribution in [0.15, 0.2) is 30.6 Å². The highest BCUT2D eigenvalue weighted by Crippen LogP contribution is 2.22. The second kappa shape index (κ2) is 7.64. The van der Waals surface area contributed by atoms with Crippen molar-refractivity contribution in [1.29, 1.82) is 0 Å². The van der Waals surface area contributed by atoms with Gasteiger partial charge < -0.3 is 10.2 Å². The number of carbonyl (C=O) groups excluding carboxylic acids is 1. The van der Waals surface area contributed by atoms with Gasteiger partial charge in [0.2, 0.25) is 0 Å². The zero-order valence-electron chi connectivity index (χ0n) is 15.8. The fourth-order valence-electron chi connectivity index (χ4n) is 3.27. The molecule has 0 spiro atoms. The highest BCUT2D eigenvalue weighted by Gasteiger charge is 2.32. The first-order chi connectivity index (χ1) is 12.8. The number of hydrogen-bond acceptors (Lipinski definition) is 6. The zero-order valence-corrected chi connectivity index (χ0v) is 16.6. The minimum atomic E-state index is -2.98. The van der Waals surface area contributed by atoms with Crippen LogP contribution in [0.5, 0.6) is 0 Å². The van der Waals surface area contributed by atoms with Crippen molar-refractivity contribution in [3.05, 3.63) is 47.4 Å². The van der Waals surface area contributed by atoms with E-state index in [-0.39, 0.29) is 29.1 Å². The molecule has 2 heterocycles. The molecule has 3 rings (SSSR count). The lowest BCUT2D eigenvalue weighted by Crippen LogP contribution is -2.36. The van der Waals surface area contributed by atoms with Crippen LogP contribution in [-0.4, -0.2) is 48.4 Å². The molecule has 1 amide bonds. The van der Waals surface area contributed by atoms with Crippen LogP contribution in [0.1, 0.15) is 35.0 Å². The molecular formula is C19H24N4O3S. The second-order valence-corrected chi connectivity index (χ2v) is 9.10. The summed E-state index contributed by atoms with van der Waals surface area (Å²) in [5.74, 6) is 0.604. The monoisotopic (exact) mass is 388 g/mol. The molecule has 1 atom stereocenters. The Balaban J connectivity index is 1.74. The Bertz CT molecular complexity index is 942. The molecule has 1 unspecified atom stereocenters. The molecule has 27 heavy (non-hydrogen) atoms. The third kappa shape index (κ3) is 4.44. The summed E-state index contributed by atoms with van der Waals surface area (Å²) in [4.78, 5) is 23.0. The first-order valence-electron chi connectivity index (χ1n) is 8.97. The van der Waals surface area contributed by atoms with E-state index in [1.807, 2.05) is 43.9 Å². The molecule has 0 bridgehead atoms. The van der Waals surface area contributed by atoms with Gasteiger partial charge in [0.05, 0.1) is 23.9 Å². The standard InChI is InChI=1S/C19H24N4O3S/c1-4-23(15-7-8-27(25,26)12-15)18-11-20-17(10-21-18)19(24)22-16-9-13(2)5-6-14(16)3/h5-6,9-11,15H,4,7-8,12H2,1-3H3,(H,22,24). The molecule has 1 N–H and O–H groups in total. The molecular weight excluding hydrogens is 364 g/mol. The Labute approximate surface area is 159 Å². The van der Waals surface area contributed by atoms with Crippen molar-refractivity contribution in [3.8, 4) is 0 Å². The Morgan fingerprint density at radius 2 is 2.04 bits per heavy atom. The summed E-state index contributed by atoms with van der Waals surface area (Å²) in [5, 5.41) is 2.86. The van der Waals surface area contributed by atoms with Crippen molar-refractivity contribution in [1.82, 2.24) is 9.97 Å². The van der Waals surface area contributed by atoms with E-state index in [0.29, 0.717) is 18.8 Å². The van der Waals surface area contributed by atoms with Gasteiger partial charge in [-0.25, -0.2) is 18.4 Å². The average Bonchev–Trinajstić information content (AvgIpc) is 2.99. The summed E-state index contributed by atoms with van der Waals surface area (Å²) in [6.07, 6.45) is 3.56. The maximum atomic E-state index is 12.5. The van der Waals surface area contributed by atoms with Crippen LogP contribution in [0, 0.1) is 13.8 Å². The van der Waals surface area contributed by atoms with Gasteiger partial charge in [0.1, 0.15) is 11.5 Å². The number of sulfone groups is 1. The quantitative estimate of drug-likeness (QED) is 0.845. The number of anilines is 2. The van der Waals surface area contributed by atoms with Crippen LogP contribution in [0.4, 0.5) is 11.5 Å². The molecule has 1 aromatic heterocycles. The summed E-state index contributed by atoms with van der Waals surface area (Å²) < 4.78 is 23.5. The average molecular weight is 388 g/mol. The van der Waals surface area contributed by atoms with Gasteiger partial charge in [0.15, 0.2) is 9.84 Å². The van der Waals surface area contributed by atoms with E-state index >= 15 is 0 Å². The number of aryl methyl sites for hydroxylation is 2. The van der Waals surface area contributed by atoms with E-state index in [1.165, 1.54) is 12.4 Å². The highest BCUT2D eigenvalue weighted by atomic mass is 32.2. The number of benzene rings is 1. The van der Waals surface area contributed by atoms with Gasteiger partial charge in [-0.2, -0.15) is 0 Å². The largest absolute Gasteiger partial charge is 0.352 e. The molecule has 144 valence electrons. The molecule has 0 aliphatic carbocycles. The number of hydrogen-bond donors (Lipinski definition) is 1. The van der Waals surface area contributed by atoms with E-state index in [1.54, 1.807) is 0 Å². The molecule has 8 heteroatoms. The number of aromatic nitrogens is 2. The summed E-state index contributed by atoms with van der Waals surface area (Å²) >= 11 is 0. The molecule has 2 aromatic rings. The van der Waals surface area contributed by atoms with Crippen LogP contribution in [-0.2, 0) is 9.84 Å². The maximum absolute atomic E-state index is 12.5. The summed E-state index contributed by atoms with van der Waals surface area (Å²) in [6.45, 7) is 6.47. The van der Waals surface area contributed by atoms with Gasteiger partial charge in [0, 0.05) is 18.3 Å². The molecule has 1 aromatic carbocycles. The molecule has 7 nitrogen and oxygen atoms in total. The molecule has 1 saturated heterocycles. The fraction of sp³-hybridized carbons (Fsp3) is 0.421. The van der Waals surface area contributed by atoms with Crippen molar-refractivity contribution in [2.75, 3.05) is 28.3 Å². The first kappa shape index (κ1) is 19.3. The Morgan fingerprint density at radius 3 is 2.63 bits per heavy atom. The van der Waals surface area contributed by atoms with Gasteiger partial charge in [-0.3, -0.25) is 4.79 Å². The van der Waals surface area contributed by atoms with Crippen molar-refractivity contribution in [2.24, 2.45) is 0 Å². The molecule has 1 aliphatic heterocycles. The van der Waals surface area contributed by atoms with Crippen LogP contribution in [0.2, 0.25) is 0 Å². The zero-order chi connectivity index (χ0) is 19.6. The molecule has 1 fully saturated rings. The predicted molar refractivity (Wildman–Crippen MR) is 106 cm³/mol. The smallest absolute Gasteiger partial charge is 0.275 e. The van der Waals surface area contributed by atoms with Crippen molar-refractivity contribution in [3.63, 3.8) is 0 Å². The van der Waals surface area contributed by atoms with E-state index in [2.05, 4.69) is 15.3 Å². The summed E-state index contributed by atoms with van der Waals surface area (Å²) in [5.41, 5.74) is 2.99. The third-order valence-electron chi connectivity index (χ3n) is 4.80. The van der Waals surface area contributed by atoms with E-state index < -0.39 is 9.84 Å². The van der Waals surface area contributed by atoms with E-state index in [9.17, 15) is 13.2 Å². The van der Waals surface area contributed by atoms with Gasteiger partial charge in [-0.1, -0.05) is 12.1 Å². The second-order valence-electron chi connectivity index (χ2n) is 6.88. The van der Waals surface area contributed by atoms with Crippen LogP contribution < -0.4 is 10.2 Å². The van der Waals surface area contributed by atoms with Crippen LogP contribution in [0.25, 0.3) is 0 Å². The lowest BCUT2D eigenvalue weighted by Gasteiger charge is -2.27.